The zero-order valence-electron chi connectivity index (χ0n) is 24.2. The third kappa shape index (κ3) is 6.51. The molecule has 2 aromatic rings. The highest BCUT2D eigenvalue weighted by molar-refractivity contribution is 5.96. The van der Waals surface area contributed by atoms with E-state index in [2.05, 4.69) is 0 Å². The van der Waals surface area contributed by atoms with Gasteiger partial charge in [0.25, 0.3) is 5.91 Å². The van der Waals surface area contributed by atoms with E-state index in [1.807, 2.05) is 41.5 Å². The van der Waals surface area contributed by atoms with Gasteiger partial charge < -0.3 is 33.8 Å². The molecule has 0 saturated carbocycles. The van der Waals surface area contributed by atoms with Crippen LogP contribution < -0.4 is 4.74 Å². The third-order valence-corrected chi connectivity index (χ3v) is 7.86. The lowest BCUT2D eigenvalue weighted by atomic mass is 9.91. The number of amides is 3. The Hall–Kier alpha value is -3.34. The predicted molar refractivity (Wildman–Crippen MR) is 151 cm³/mol. The van der Waals surface area contributed by atoms with Gasteiger partial charge in [-0.05, 0) is 50.2 Å². The number of rotatable bonds is 11. The number of piperidine rings is 1. The second-order valence-corrected chi connectivity index (χ2v) is 11.3. The fourth-order valence-corrected chi connectivity index (χ4v) is 5.94. The molecule has 0 spiro atoms. The Labute approximate surface area is 236 Å². The highest BCUT2D eigenvalue weighted by Crippen LogP contribution is 2.30. The van der Waals surface area contributed by atoms with Gasteiger partial charge in [0.1, 0.15) is 11.3 Å². The molecule has 0 unspecified atom stereocenters. The van der Waals surface area contributed by atoms with E-state index in [0.29, 0.717) is 56.3 Å². The number of para-hydroxylation sites is 1. The van der Waals surface area contributed by atoms with Crippen molar-refractivity contribution in [3.8, 4) is 5.75 Å². The minimum Gasteiger partial charge on any atom is -0.494 e. The van der Waals surface area contributed by atoms with Gasteiger partial charge in [-0.3, -0.25) is 9.59 Å². The van der Waals surface area contributed by atoms with Gasteiger partial charge in [0.05, 0.1) is 24.6 Å². The van der Waals surface area contributed by atoms with Gasteiger partial charge in [0.15, 0.2) is 5.82 Å². The van der Waals surface area contributed by atoms with Gasteiger partial charge in [-0.25, -0.2) is 9.78 Å². The number of fused-ring (bicyclic) bond motifs is 1. The smallest absolute Gasteiger partial charge is 0.407 e. The molecule has 220 valence electrons. The van der Waals surface area contributed by atoms with Crippen LogP contribution in [0.2, 0.25) is 0 Å². The van der Waals surface area contributed by atoms with Crippen molar-refractivity contribution in [3.63, 3.8) is 0 Å². The first kappa shape index (κ1) is 29.6. The van der Waals surface area contributed by atoms with Crippen molar-refractivity contribution in [1.29, 1.82) is 0 Å². The molecule has 3 heterocycles. The molecule has 1 N–H and O–H groups in total. The van der Waals surface area contributed by atoms with E-state index in [-0.39, 0.29) is 30.8 Å². The van der Waals surface area contributed by atoms with Gasteiger partial charge in [-0.2, -0.15) is 0 Å². The summed E-state index contributed by atoms with van der Waals surface area (Å²) in [5, 5.41) is 9.94. The molecule has 2 aliphatic rings. The molecule has 4 rings (SSSR count). The number of ether oxygens (including phenoxy) is 2. The molecule has 11 nitrogen and oxygen atoms in total. The standard InChI is InChI=1S/C29H43N5O6/c1-20(2)17-34(22-16-21(18-32(19-22)29(37)38)27(35)31-12-5-6-13-31)28(36)26-30-25-23(10-9-11-24(25)40-4)33(26)14-7-8-15-39-3/h9-11,20-22H,5-8,12-19H2,1-4H3,(H,37,38)/t21-,22+/m1/s1. The summed E-state index contributed by atoms with van der Waals surface area (Å²) in [4.78, 5) is 49.6. The van der Waals surface area contributed by atoms with Crippen molar-refractivity contribution in [2.24, 2.45) is 11.8 Å². The molecule has 1 aromatic heterocycles. The molecule has 3 amide bonds. The number of carbonyl (C=O) groups excluding carboxylic acids is 2. The molecular weight excluding hydrogens is 514 g/mol. The molecule has 0 bridgehead atoms. The second kappa shape index (κ2) is 13.3. The number of likely N-dealkylation sites (tertiary alicyclic amines) is 2. The summed E-state index contributed by atoms with van der Waals surface area (Å²) < 4.78 is 12.7. The monoisotopic (exact) mass is 557 g/mol. The van der Waals surface area contributed by atoms with Crippen molar-refractivity contribution in [1.82, 2.24) is 24.3 Å². The molecular formula is C29H43N5O6. The summed E-state index contributed by atoms with van der Waals surface area (Å²) in [6.07, 6.45) is 2.91. The van der Waals surface area contributed by atoms with Crippen LogP contribution in [0.15, 0.2) is 18.2 Å². The van der Waals surface area contributed by atoms with Crippen LogP contribution >= 0.6 is 0 Å². The Bertz CT molecular complexity index is 1190. The van der Waals surface area contributed by atoms with Crippen molar-refractivity contribution in [2.45, 2.75) is 58.5 Å². The molecule has 1 aromatic carbocycles. The maximum Gasteiger partial charge on any atom is 0.407 e. The van der Waals surface area contributed by atoms with Crippen molar-refractivity contribution >= 4 is 28.9 Å². The summed E-state index contributed by atoms with van der Waals surface area (Å²) >= 11 is 0. The maximum atomic E-state index is 14.4. The number of methoxy groups -OCH3 is 2. The predicted octanol–water partition coefficient (Wildman–Crippen LogP) is 3.56. The highest BCUT2D eigenvalue weighted by Gasteiger charge is 2.41. The maximum absolute atomic E-state index is 14.4. The van der Waals surface area contributed by atoms with Gasteiger partial charge in [-0.15, -0.1) is 0 Å². The topological polar surface area (TPSA) is 117 Å². The van der Waals surface area contributed by atoms with Crippen molar-refractivity contribution in [3.05, 3.63) is 24.0 Å². The lowest BCUT2D eigenvalue weighted by molar-refractivity contribution is -0.136. The van der Waals surface area contributed by atoms with E-state index in [0.717, 1.165) is 31.2 Å². The van der Waals surface area contributed by atoms with Gasteiger partial charge in [0, 0.05) is 53.0 Å². The fraction of sp³-hybridized carbons (Fsp3) is 0.655. The van der Waals surface area contributed by atoms with E-state index >= 15 is 0 Å². The number of aryl methyl sites for hydroxylation is 1. The summed E-state index contributed by atoms with van der Waals surface area (Å²) in [5.41, 5.74) is 1.42. The van der Waals surface area contributed by atoms with Gasteiger partial charge in [-0.1, -0.05) is 19.9 Å². The molecule has 11 heteroatoms. The van der Waals surface area contributed by atoms with E-state index in [1.165, 1.54) is 4.90 Å². The molecule has 2 aliphatic heterocycles. The Morgan fingerprint density at radius 3 is 2.50 bits per heavy atom. The molecule has 40 heavy (non-hydrogen) atoms. The Morgan fingerprint density at radius 1 is 1.10 bits per heavy atom. The van der Waals surface area contributed by atoms with Crippen LogP contribution in [0.3, 0.4) is 0 Å². The lowest BCUT2D eigenvalue weighted by Gasteiger charge is -2.42. The van der Waals surface area contributed by atoms with Gasteiger partial charge in [0.2, 0.25) is 5.91 Å². The van der Waals surface area contributed by atoms with E-state index in [4.69, 9.17) is 14.5 Å². The summed E-state index contributed by atoms with van der Waals surface area (Å²) in [6.45, 7) is 7.40. The highest BCUT2D eigenvalue weighted by atomic mass is 16.5. The third-order valence-electron chi connectivity index (χ3n) is 7.86. The van der Waals surface area contributed by atoms with Crippen LogP contribution in [-0.4, -0.2) is 107 Å². The average molecular weight is 558 g/mol. The quantitative estimate of drug-likeness (QED) is 0.420. The number of benzene rings is 1. The number of carboxylic acid groups (broad SMARTS) is 1. The number of nitrogens with zero attached hydrogens (tertiary/aromatic N) is 5. The number of hydrogen-bond donors (Lipinski definition) is 1. The first-order chi connectivity index (χ1) is 19.2. The number of unbranched alkanes of at least 4 members (excludes halogenated alkanes) is 1. The van der Waals surface area contributed by atoms with E-state index in [1.54, 1.807) is 19.1 Å². The molecule has 0 aliphatic carbocycles. The molecule has 0 radical (unpaired) electrons. The molecule has 2 fully saturated rings. The van der Waals surface area contributed by atoms with Crippen molar-refractivity contribution in [2.75, 3.05) is 53.6 Å². The number of hydrogen-bond acceptors (Lipinski definition) is 6. The van der Waals surface area contributed by atoms with Crippen LogP contribution in [0.1, 0.15) is 56.6 Å². The number of carbonyl (C=O) groups is 3. The Morgan fingerprint density at radius 2 is 1.85 bits per heavy atom. The first-order valence-corrected chi connectivity index (χ1v) is 14.3. The Kier molecular flexibility index (Phi) is 9.89. The normalized spacial score (nSPS) is 19.4. The zero-order chi connectivity index (χ0) is 28.8. The molecule has 2 saturated heterocycles. The minimum atomic E-state index is -1.07. The summed E-state index contributed by atoms with van der Waals surface area (Å²) in [7, 11) is 3.25. The van der Waals surface area contributed by atoms with Crippen LogP contribution in [0.25, 0.3) is 11.0 Å². The number of aromatic nitrogens is 2. The lowest BCUT2D eigenvalue weighted by Crippen LogP contribution is -2.57. The van der Waals surface area contributed by atoms with E-state index in [9.17, 15) is 19.5 Å². The zero-order valence-corrected chi connectivity index (χ0v) is 24.2. The SMILES string of the molecule is COCCCCn1c(C(=O)N(CC(C)C)[C@H]2C[C@@H](C(=O)N3CCCC3)CN(C(=O)O)C2)nc2c(OC)cccc21. The summed E-state index contributed by atoms with van der Waals surface area (Å²) in [6, 6.07) is 5.20. The largest absolute Gasteiger partial charge is 0.494 e. The van der Waals surface area contributed by atoms with Crippen LogP contribution in [0.4, 0.5) is 4.79 Å². The average Bonchev–Trinajstić information content (AvgIpc) is 3.61. The van der Waals surface area contributed by atoms with Crippen LogP contribution in [0, 0.1) is 11.8 Å². The fourth-order valence-electron chi connectivity index (χ4n) is 5.94. The Balaban J connectivity index is 1.70. The van der Waals surface area contributed by atoms with Crippen LogP contribution in [0.5, 0.6) is 5.75 Å². The van der Waals surface area contributed by atoms with Crippen molar-refractivity contribution < 1.29 is 29.0 Å². The second-order valence-electron chi connectivity index (χ2n) is 11.3. The van der Waals surface area contributed by atoms with Crippen LogP contribution in [-0.2, 0) is 16.1 Å². The molecule has 2 atom stereocenters. The van der Waals surface area contributed by atoms with Gasteiger partial charge >= 0.3 is 6.09 Å². The number of imidazole rings is 1. The summed E-state index contributed by atoms with van der Waals surface area (Å²) in [5.74, 6) is 0.258. The minimum absolute atomic E-state index is 0.0134. The van der Waals surface area contributed by atoms with E-state index < -0.39 is 18.1 Å². The first-order valence-electron chi connectivity index (χ1n) is 14.3.